The van der Waals surface area contributed by atoms with Crippen LogP contribution in [0.4, 0.5) is 0 Å². The highest BCUT2D eigenvalue weighted by Crippen LogP contribution is 2.50. The minimum atomic E-state index is 0.237. The van der Waals surface area contributed by atoms with E-state index in [1.165, 1.54) is 33.8 Å². The number of fused-ring (bicyclic) bond motifs is 5. The van der Waals surface area contributed by atoms with Gasteiger partial charge < -0.3 is 4.74 Å². The van der Waals surface area contributed by atoms with Crippen LogP contribution < -0.4 is 0 Å². The zero-order valence-electron chi connectivity index (χ0n) is 10.7. The Labute approximate surface area is 118 Å². The first-order valence-electron chi connectivity index (χ1n) is 6.91. The first-order valence-corrected chi connectivity index (χ1v) is 7.72. The largest absolute Gasteiger partial charge is 0.373 e. The van der Waals surface area contributed by atoms with Gasteiger partial charge in [-0.3, -0.25) is 0 Å². The van der Waals surface area contributed by atoms with Crippen molar-refractivity contribution in [3.8, 4) is 0 Å². The van der Waals surface area contributed by atoms with Crippen LogP contribution in [-0.4, -0.2) is 6.61 Å². The fourth-order valence-corrected chi connectivity index (χ4v) is 4.38. The molecule has 2 aliphatic heterocycles. The van der Waals surface area contributed by atoms with Crippen LogP contribution in [0.15, 0.2) is 58.3 Å². The van der Waals surface area contributed by atoms with Crippen LogP contribution in [0.1, 0.15) is 36.0 Å². The monoisotopic (exact) mass is 268 g/mol. The van der Waals surface area contributed by atoms with E-state index in [0.29, 0.717) is 5.92 Å². The first-order chi connectivity index (χ1) is 9.43. The van der Waals surface area contributed by atoms with Gasteiger partial charge in [-0.25, -0.2) is 0 Å². The molecule has 0 amide bonds. The summed E-state index contributed by atoms with van der Waals surface area (Å²) in [6, 6.07) is 17.5. The topological polar surface area (TPSA) is 9.23 Å². The Balaban J connectivity index is 1.92. The lowest BCUT2D eigenvalue weighted by Gasteiger charge is -2.32. The summed E-state index contributed by atoms with van der Waals surface area (Å²) in [5, 5.41) is 0. The van der Waals surface area contributed by atoms with Crippen molar-refractivity contribution in [1.29, 1.82) is 0 Å². The molecule has 2 aromatic carbocycles. The van der Waals surface area contributed by atoms with E-state index in [9.17, 15) is 0 Å². The molecule has 0 aliphatic carbocycles. The molecule has 0 saturated carbocycles. The van der Waals surface area contributed by atoms with Crippen LogP contribution in [0.2, 0.25) is 0 Å². The molecule has 2 unspecified atom stereocenters. The summed E-state index contributed by atoms with van der Waals surface area (Å²) in [6.45, 7) is 0.891. The van der Waals surface area contributed by atoms with Gasteiger partial charge in [0.15, 0.2) is 0 Å². The van der Waals surface area contributed by atoms with Gasteiger partial charge in [0, 0.05) is 22.3 Å². The molecule has 0 bridgehead atoms. The maximum Gasteiger partial charge on any atom is 0.0904 e. The van der Waals surface area contributed by atoms with E-state index in [0.717, 1.165) is 6.61 Å². The van der Waals surface area contributed by atoms with Crippen molar-refractivity contribution in [3.63, 3.8) is 0 Å². The smallest absolute Gasteiger partial charge is 0.0904 e. The van der Waals surface area contributed by atoms with Gasteiger partial charge in [-0.05, 0) is 36.1 Å². The zero-order valence-corrected chi connectivity index (χ0v) is 11.5. The standard InChI is InChI=1S/C17H16OS/c1-3-9-15-12(6-1)13-8-5-11-18-17(13)14-7-2-4-10-16(14)19-15/h1-4,6-7,9-10,13,17H,5,8,11H2. The molecule has 2 aliphatic rings. The third-order valence-corrected chi connectivity index (χ3v) is 5.27. The highest BCUT2D eigenvalue weighted by atomic mass is 32.2. The van der Waals surface area contributed by atoms with Gasteiger partial charge in [0.25, 0.3) is 0 Å². The van der Waals surface area contributed by atoms with Crippen LogP contribution in [0, 0.1) is 0 Å². The van der Waals surface area contributed by atoms with Gasteiger partial charge in [0.05, 0.1) is 6.10 Å². The van der Waals surface area contributed by atoms with E-state index in [2.05, 4.69) is 48.5 Å². The number of rotatable bonds is 0. The average Bonchev–Trinajstić information content (AvgIpc) is 2.62. The molecule has 4 rings (SSSR count). The minimum Gasteiger partial charge on any atom is -0.373 e. The molecule has 0 spiro atoms. The van der Waals surface area contributed by atoms with Crippen LogP contribution >= 0.6 is 11.8 Å². The Morgan fingerprint density at radius 3 is 2.42 bits per heavy atom. The normalized spacial score (nSPS) is 24.8. The van der Waals surface area contributed by atoms with Crippen molar-refractivity contribution < 1.29 is 4.74 Å². The zero-order chi connectivity index (χ0) is 12.7. The lowest BCUT2D eigenvalue weighted by atomic mass is 9.84. The molecule has 2 aromatic rings. The number of hydrogen-bond donors (Lipinski definition) is 0. The molecule has 0 N–H and O–H groups in total. The van der Waals surface area contributed by atoms with Gasteiger partial charge in [0.2, 0.25) is 0 Å². The summed E-state index contributed by atoms with van der Waals surface area (Å²) in [6.07, 6.45) is 2.64. The van der Waals surface area contributed by atoms with Crippen molar-refractivity contribution >= 4 is 11.8 Å². The van der Waals surface area contributed by atoms with Crippen molar-refractivity contribution in [3.05, 3.63) is 59.7 Å². The van der Waals surface area contributed by atoms with Gasteiger partial charge in [-0.1, -0.05) is 48.2 Å². The van der Waals surface area contributed by atoms with Crippen LogP contribution in [0.3, 0.4) is 0 Å². The van der Waals surface area contributed by atoms with Crippen LogP contribution in [-0.2, 0) is 4.74 Å². The summed E-state index contributed by atoms with van der Waals surface area (Å²) >= 11 is 1.89. The fourth-order valence-electron chi connectivity index (χ4n) is 3.21. The molecule has 96 valence electrons. The van der Waals surface area contributed by atoms with Crippen molar-refractivity contribution in [2.75, 3.05) is 6.61 Å². The molecular weight excluding hydrogens is 252 g/mol. The van der Waals surface area contributed by atoms with Crippen molar-refractivity contribution in [2.24, 2.45) is 0 Å². The number of hydrogen-bond acceptors (Lipinski definition) is 2. The van der Waals surface area contributed by atoms with E-state index in [1.807, 2.05) is 11.8 Å². The quantitative estimate of drug-likeness (QED) is 0.679. The van der Waals surface area contributed by atoms with Crippen LogP contribution in [0.5, 0.6) is 0 Å². The molecule has 2 atom stereocenters. The SMILES string of the molecule is c1ccc2c(c1)Sc1ccccc1C1OCCCC21. The second-order valence-electron chi connectivity index (χ2n) is 5.22. The molecule has 0 aromatic heterocycles. The summed E-state index contributed by atoms with van der Waals surface area (Å²) in [7, 11) is 0. The first kappa shape index (κ1) is 11.6. The minimum absolute atomic E-state index is 0.237. The Morgan fingerprint density at radius 2 is 1.58 bits per heavy atom. The van der Waals surface area contributed by atoms with Crippen molar-refractivity contribution in [2.45, 2.75) is 34.7 Å². The number of ether oxygens (including phenoxy) is 1. The molecule has 1 fully saturated rings. The summed E-state index contributed by atoms with van der Waals surface area (Å²) in [5.74, 6) is 0.515. The fraction of sp³-hybridized carbons (Fsp3) is 0.294. The Kier molecular flexibility index (Phi) is 2.86. The van der Waals surface area contributed by atoms with Crippen molar-refractivity contribution in [1.82, 2.24) is 0 Å². The highest BCUT2D eigenvalue weighted by Gasteiger charge is 2.34. The molecule has 1 saturated heterocycles. The van der Waals surface area contributed by atoms with E-state index >= 15 is 0 Å². The summed E-state index contributed by atoms with van der Waals surface area (Å²) in [4.78, 5) is 2.75. The molecular formula is C17H16OS. The summed E-state index contributed by atoms with van der Waals surface area (Å²) < 4.78 is 6.13. The van der Waals surface area contributed by atoms with E-state index < -0.39 is 0 Å². The van der Waals surface area contributed by atoms with Gasteiger partial charge in [0.1, 0.15) is 0 Å². The van der Waals surface area contributed by atoms with E-state index in [4.69, 9.17) is 4.74 Å². The Bertz CT molecular complexity index is 554. The maximum atomic E-state index is 6.13. The molecule has 1 nitrogen and oxygen atoms in total. The van der Waals surface area contributed by atoms with Gasteiger partial charge in [-0.15, -0.1) is 0 Å². The predicted octanol–water partition coefficient (Wildman–Crippen LogP) is 4.79. The molecule has 2 heterocycles. The Morgan fingerprint density at radius 1 is 0.895 bits per heavy atom. The van der Waals surface area contributed by atoms with E-state index in [1.54, 1.807) is 0 Å². The second kappa shape index (κ2) is 4.69. The molecule has 0 radical (unpaired) electrons. The lowest BCUT2D eigenvalue weighted by molar-refractivity contribution is -0.00398. The van der Waals surface area contributed by atoms with E-state index in [-0.39, 0.29) is 6.10 Å². The Hall–Kier alpha value is -1.25. The second-order valence-corrected chi connectivity index (χ2v) is 6.30. The average molecular weight is 268 g/mol. The number of benzene rings is 2. The predicted molar refractivity (Wildman–Crippen MR) is 77.7 cm³/mol. The maximum absolute atomic E-state index is 6.13. The van der Waals surface area contributed by atoms with Crippen LogP contribution in [0.25, 0.3) is 0 Å². The van der Waals surface area contributed by atoms with Gasteiger partial charge >= 0.3 is 0 Å². The molecule has 2 heteroatoms. The highest BCUT2D eigenvalue weighted by molar-refractivity contribution is 7.99. The lowest BCUT2D eigenvalue weighted by Crippen LogP contribution is -2.20. The third kappa shape index (κ3) is 1.90. The third-order valence-electron chi connectivity index (χ3n) is 4.09. The summed E-state index contributed by atoms with van der Waals surface area (Å²) in [5.41, 5.74) is 2.84. The van der Waals surface area contributed by atoms with Gasteiger partial charge in [-0.2, -0.15) is 0 Å². The molecule has 19 heavy (non-hydrogen) atoms.